The Balaban J connectivity index is 1.56. The van der Waals surface area contributed by atoms with E-state index in [1.807, 2.05) is 25.7 Å². The van der Waals surface area contributed by atoms with Crippen LogP contribution in [0.2, 0.25) is 0 Å². The molecule has 146 valence electrons. The molecule has 2 fully saturated rings. The van der Waals surface area contributed by atoms with Gasteiger partial charge in [0.1, 0.15) is 0 Å². The van der Waals surface area contributed by atoms with Crippen molar-refractivity contribution in [3.05, 3.63) is 11.7 Å². The van der Waals surface area contributed by atoms with Crippen molar-refractivity contribution in [1.82, 2.24) is 19.9 Å². The van der Waals surface area contributed by atoms with Crippen molar-refractivity contribution in [2.75, 3.05) is 20.1 Å². The Bertz CT molecular complexity index is 627. The summed E-state index contributed by atoms with van der Waals surface area (Å²) in [4.78, 5) is 21.7. The van der Waals surface area contributed by atoms with Gasteiger partial charge in [-0.3, -0.25) is 9.69 Å². The molecule has 1 aliphatic carbocycles. The number of nitrogens with two attached hydrogens (primary N) is 1. The van der Waals surface area contributed by atoms with Crippen LogP contribution in [0.3, 0.4) is 0 Å². The highest BCUT2D eigenvalue weighted by atomic mass is 16.5. The third-order valence-corrected chi connectivity index (χ3v) is 6.02. The van der Waals surface area contributed by atoms with Gasteiger partial charge in [0.05, 0.1) is 12.5 Å². The molecule has 1 aromatic heterocycles. The Labute approximate surface area is 156 Å². The van der Waals surface area contributed by atoms with Gasteiger partial charge in [-0.2, -0.15) is 4.98 Å². The van der Waals surface area contributed by atoms with Crippen LogP contribution in [0.5, 0.6) is 0 Å². The monoisotopic (exact) mass is 363 g/mol. The Morgan fingerprint density at radius 3 is 2.85 bits per heavy atom. The Morgan fingerprint density at radius 2 is 2.19 bits per heavy atom. The molecule has 3 atom stereocenters. The van der Waals surface area contributed by atoms with Gasteiger partial charge in [-0.25, -0.2) is 0 Å². The molecule has 7 heteroatoms. The molecular weight excluding hydrogens is 330 g/mol. The van der Waals surface area contributed by atoms with Gasteiger partial charge in [0.25, 0.3) is 0 Å². The smallest absolute Gasteiger partial charge is 0.229 e. The average molecular weight is 364 g/mol. The number of amides is 1. The van der Waals surface area contributed by atoms with Crippen molar-refractivity contribution >= 4 is 5.91 Å². The fraction of sp³-hybridized carbons (Fsp3) is 0.842. The van der Waals surface area contributed by atoms with Crippen molar-refractivity contribution in [3.8, 4) is 0 Å². The summed E-state index contributed by atoms with van der Waals surface area (Å²) in [6.45, 7) is 8.33. The predicted molar refractivity (Wildman–Crippen MR) is 99.4 cm³/mol. The summed E-state index contributed by atoms with van der Waals surface area (Å²) < 4.78 is 5.28. The number of carbonyl (C=O) groups is 1. The Morgan fingerprint density at radius 1 is 1.42 bits per heavy atom. The first-order chi connectivity index (χ1) is 12.3. The van der Waals surface area contributed by atoms with Crippen LogP contribution in [-0.2, 0) is 11.3 Å². The molecule has 1 saturated carbocycles. The minimum Gasteiger partial charge on any atom is -0.341 e. The molecule has 2 aliphatic rings. The number of rotatable bonds is 5. The van der Waals surface area contributed by atoms with E-state index in [0.29, 0.717) is 24.3 Å². The van der Waals surface area contributed by atoms with Crippen molar-refractivity contribution in [2.24, 2.45) is 11.7 Å². The number of carbonyl (C=O) groups excluding carboxylic acids is 1. The van der Waals surface area contributed by atoms with Gasteiger partial charge in [-0.05, 0) is 33.2 Å². The third-order valence-electron chi connectivity index (χ3n) is 6.02. The normalized spacial score (nSPS) is 29.7. The molecule has 0 bridgehead atoms. The molecule has 2 heterocycles. The minimum absolute atomic E-state index is 0.0360. The first-order valence-electron chi connectivity index (χ1n) is 9.88. The molecule has 26 heavy (non-hydrogen) atoms. The quantitative estimate of drug-likeness (QED) is 0.862. The van der Waals surface area contributed by atoms with E-state index in [2.05, 4.69) is 22.1 Å². The third kappa shape index (κ3) is 4.09. The van der Waals surface area contributed by atoms with E-state index in [9.17, 15) is 4.79 Å². The van der Waals surface area contributed by atoms with Crippen LogP contribution in [0.1, 0.15) is 70.5 Å². The van der Waals surface area contributed by atoms with Gasteiger partial charge in [-0.1, -0.05) is 31.8 Å². The SMILES string of the molecule is CC(C)c1nc(CN(C)C2CCN(C(=O)C3CCCCC3(C)N)C2)no1. The molecule has 7 nitrogen and oxygen atoms in total. The zero-order valence-corrected chi connectivity index (χ0v) is 16.6. The van der Waals surface area contributed by atoms with Gasteiger partial charge in [0, 0.05) is 30.6 Å². The molecule has 2 N–H and O–H groups in total. The summed E-state index contributed by atoms with van der Waals surface area (Å²) in [5, 5.41) is 4.07. The lowest BCUT2D eigenvalue weighted by Gasteiger charge is -2.39. The van der Waals surface area contributed by atoms with Crippen LogP contribution in [0.4, 0.5) is 0 Å². The van der Waals surface area contributed by atoms with Crippen LogP contribution in [-0.4, -0.2) is 57.6 Å². The molecule has 3 rings (SSSR count). The fourth-order valence-electron chi connectivity index (χ4n) is 4.20. The number of hydrogen-bond donors (Lipinski definition) is 1. The second-order valence-corrected chi connectivity index (χ2v) is 8.65. The fourth-order valence-corrected chi connectivity index (χ4v) is 4.20. The lowest BCUT2D eigenvalue weighted by atomic mass is 9.74. The topological polar surface area (TPSA) is 88.5 Å². The molecule has 1 amide bonds. The molecule has 0 radical (unpaired) electrons. The molecule has 1 aromatic rings. The number of hydrogen-bond acceptors (Lipinski definition) is 6. The average Bonchev–Trinajstić information content (AvgIpc) is 3.23. The summed E-state index contributed by atoms with van der Waals surface area (Å²) in [5.41, 5.74) is 6.07. The standard InChI is InChI=1S/C19H33N5O2/c1-13(2)17-21-16(22-26-17)12-23(4)14-8-10-24(11-14)18(25)15-7-5-6-9-19(15,3)20/h13-15H,5-12,20H2,1-4H3. The van der Waals surface area contributed by atoms with E-state index in [1.165, 1.54) is 0 Å². The van der Waals surface area contributed by atoms with E-state index < -0.39 is 0 Å². The predicted octanol–water partition coefficient (Wildman–Crippen LogP) is 2.13. The lowest BCUT2D eigenvalue weighted by molar-refractivity contribution is -0.138. The maximum atomic E-state index is 13.0. The van der Waals surface area contributed by atoms with Gasteiger partial charge in [0.15, 0.2) is 5.82 Å². The molecular formula is C19H33N5O2. The molecule has 1 aliphatic heterocycles. The summed E-state index contributed by atoms with van der Waals surface area (Å²) >= 11 is 0. The first kappa shape index (κ1) is 19.3. The van der Waals surface area contributed by atoms with Gasteiger partial charge >= 0.3 is 0 Å². The maximum Gasteiger partial charge on any atom is 0.229 e. The summed E-state index contributed by atoms with van der Waals surface area (Å²) in [7, 11) is 2.07. The van der Waals surface area contributed by atoms with E-state index in [-0.39, 0.29) is 23.3 Å². The zero-order valence-electron chi connectivity index (χ0n) is 16.6. The molecule has 1 saturated heterocycles. The Hall–Kier alpha value is -1.47. The van der Waals surface area contributed by atoms with Gasteiger partial charge in [-0.15, -0.1) is 0 Å². The highest BCUT2D eigenvalue weighted by Gasteiger charge is 2.41. The summed E-state index contributed by atoms with van der Waals surface area (Å²) in [6.07, 6.45) is 5.08. The summed E-state index contributed by atoms with van der Waals surface area (Å²) in [5.74, 6) is 1.83. The first-order valence-corrected chi connectivity index (χ1v) is 9.88. The molecule has 0 spiro atoms. The van der Waals surface area contributed by atoms with Crippen molar-refractivity contribution in [3.63, 3.8) is 0 Å². The van der Waals surface area contributed by atoms with Crippen LogP contribution in [0.15, 0.2) is 4.52 Å². The van der Waals surface area contributed by atoms with Gasteiger partial charge < -0.3 is 15.2 Å². The maximum absolute atomic E-state index is 13.0. The van der Waals surface area contributed by atoms with Crippen LogP contribution < -0.4 is 5.73 Å². The number of likely N-dealkylation sites (N-methyl/N-ethyl adjacent to an activating group) is 1. The van der Waals surface area contributed by atoms with E-state index in [1.54, 1.807) is 0 Å². The number of nitrogens with zero attached hydrogens (tertiary/aromatic N) is 4. The highest BCUT2D eigenvalue weighted by molar-refractivity contribution is 5.80. The van der Waals surface area contributed by atoms with Crippen LogP contribution in [0.25, 0.3) is 0 Å². The summed E-state index contributed by atoms with van der Waals surface area (Å²) in [6, 6.07) is 0.326. The molecule has 0 aromatic carbocycles. The second-order valence-electron chi connectivity index (χ2n) is 8.65. The number of likely N-dealkylation sites (tertiary alicyclic amines) is 1. The highest BCUT2D eigenvalue weighted by Crippen LogP contribution is 2.34. The second kappa shape index (κ2) is 7.64. The number of aromatic nitrogens is 2. The van der Waals surface area contributed by atoms with Crippen molar-refractivity contribution < 1.29 is 9.32 Å². The van der Waals surface area contributed by atoms with Gasteiger partial charge in [0.2, 0.25) is 11.8 Å². The van der Waals surface area contributed by atoms with Crippen LogP contribution in [0, 0.1) is 5.92 Å². The lowest BCUT2D eigenvalue weighted by Crippen LogP contribution is -2.53. The zero-order chi connectivity index (χ0) is 18.9. The van der Waals surface area contributed by atoms with Crippen molar-refractivity contribution in [2.45, 2.75) is 76.9 Å². The van der Waals surface area contributed by atoms with Crippen LogP contribution >= 0.6 is 0 Å². The van der Waals surface area contributed by atoms with E-state index in [4.69, 9.17) is 10.3 Å². The van der Waals surface area contributed by atoms with E-state index in [0.717, 1.165) is 45.2 Å². The van der Waals surface area contributed by atoms with Crippen molar-refractivity contribution in [1.29, 1.82) is 0 Å². The Kier molecular flexibility index (Phi) is 5.67. The molecule has 3 unspecified atom stereocenters. The minimum atomic E-state index is -0.364. The largest absolute Gasteiger partial charge is 0.341 e. The van der Waals surface area contributed by atoms with E-state index >= 15 is 0 Å².